The molecule has 1 aliphatic heterocycles. The summed E-state index contributed by atoms with van der Waals surface area (Å²) in [5, 5.41) is 2.98. The summed E-state index contributed by atoms with van der Waals surface area (Å²) in [6, 6.07) is 15.7. The summed E-state index contributed by atoms with van der Waals surface area (Å²) < 4.78 is 0. The van der Waals surface area contributed by atoms with Crippen LogP contribution in [0.15, 0.2) is 48.5 Å². The molecule has 0 spiro atoms. The van der Waals surface area contributed by atoms with Crippen LogP contribution < -0.4 is 11.1 Å². The first-order chi connectivity index (χ1) is 13.1. The lowest BCUT2D eigenvalue weighted by molar-refractivity contribution is -0.122. The molecule has 0 bridgehead atoms. The minimum Gasteiger partial charge on any atom is -0.350 e. The van der Waals surface area contributed by atoms with Crippen LogP contribution in [-0.4, -0.2) is 23.9 Å². The van der Waals surface area contributed by atoms with Crippen molar-refractivity contribution in [3.63, 3.8) is 0 Å². The van der Waals surface area contributed by atoms with Crippen LogP contribution in [0.1, 0.15) is 54.0 Å². The summed E-state index contributed by atoms with van der Waals surface area (Å²) in [6.07, 6.45) is 5.30. The van der Waals surface area contributed by atoms with Crippen molar-refractivity contribution in [1.29, 1.82) is 0 Å². The number of nitrogens with two attached hydrogens (primary N) is 1. The zero-order valence-corrected chi connectivity index (χ0v) is 18.7. The number of benzene rings is 2. The first kappa shape index (κ1) is 25.4. The topological polar surface area (TPSA) is 58.4 Å². The molecule has 6 heteroatoms. The molecule has 0 aromatic heterocycles. The van der Waals surface area contributed by atoms with Gasteiger partial charge < -0.3 is 11.1 Å². The molecule has 2 aromatic carbocycles. The van der Waals surface area contributed by atoms with E-state index in [9.17, 15) is 4.79 Å². The molecule has 0 radical (unpaired) electrons. The van der Waals surface area contributed by atoms with E-state index in [0.717, 1.165) is 23.2 Å². The lowest BCUT2D eigenvalue weighted by Gasteiger charge is -2.20. The van der Waals surface area contributed by atoms with Crippen LogP contribution in [0.4, 0.5) is 0 Å². The predicted molar refractivity (Wildman–Crippen MR) is 125 cm³/mol. The van der Waals surface area contributed by atoms with Gasteiger partial charge in [-0.25, -0.2) is 0 Å². The number of aryl methyl sites for hydroxylation is 1. The van der Waals surface area contributed by atoms with Crippen molar-refractivity contribution in [2.45, 2.75) is 51.7 Å². The van der Waals surface area contributed by atoms with Gasteiger partial charge in [-0.1, -0.05) is 66.9 Å². The van der Waals surface area contributed by atoms with Crippen molar-refractivity contribution >= 4 is 30.7 Å². The van der Waals surface area contributed by atoms with Gasteiger partial charge in [-0.3, -0.25) is 9.69 Å². The Balaban J connectivity index is 0.00000210. The molecule has 0 saturated carbocycles. The number of halogens is 2. The summed E-state index contributed by atoms with van der Waals surface area (Å²) in [5.74, 6) is -0.142. The van der Waals surface area contributed by atoms with E-state index in [1.807, 2.05) is 31.2 Å². The summed E-state index contributed by atoms with van der Waals surface area (Å²) >= 11 is 0. The van der Waals surface area contributed by atoms with E-state index in [-0.39, 0.29) is 30.7 Å². The fraction of sp³-hybridized carbons (Fsp3) is 0.435. The Bertz CT molecular complexity index is 744. The number of likely N-dealkylation sites (tertiary alicyclic amines) is 1. The van der Waals surface area contributed by atoms with Gasteiger partial charge in [-0.15, -0.1) is 24.8 Å². The van der Waals surface area contributed by atoms with Crippen molar-refractivity contribution in [2.75, 3.05) is 13.1 Å². The number of nitrogens with zero attached hydrogens (tertiary/aromatic N) is 1. The first-order valence-corrected chi connectivity index (χ1v) is 10.0. The van der Waals surface area contributed by atoms with Gasteiger partial charge >= 0.3 is 0 Å². The van der Waals surface area contributed by atoms with E-state index in [0.29, 0.717) is 6.54 Å². The summed E-state index contributed by atoms with van der Waals surface area (Å²) in [5.41, 5.74) is 10.5. The molecule has 160 valence electrons. The fourth-order valence-corrected chi connectivity index (χ4v) is 3.61. The molecule has 4 nitrogen and oxygen atoms in total. The Kier molecular flexibility index (Phi) is 11.3. The molecule has 1 fully saturated rings. The summed E-state index contributed by atoms with van der Waals surface area (Å²) in [4.78, 5) is 14.9. The lowest BCUT2D eigenvalue weighted by atomic mass is 10.0. The maximum Gasteiger partial charge on any atom is 0.241 e. The van der Waals surface area contributed by atoms with Gasteiger partial charge in [-0.2, -0.15) is 0 Å². The highest BCUT2D eigenvalue weighted by Crippen LogP contribution is 2.15. The third-order valence-electron chi connectivity index (χ3n) is 5.28. The van der Waals surface area contributed by atoms with Crippen molar-refractivity contribution in [3.05, 3.63) is 70.8 Å². The molecule has 1 atom stereocenters. The number of carbonyl (C=O) groups is 1. The zero-order chi connectivity index (χ0) is 19.1. The number of carbonyl (C=O) groups excluding carboxylic acids is 1. The third-order valence-corrected chi connectivity index (χ3v) is 5.28. The summed E-state index contributed by atoms with van der Waals surface area (Å²) in [6.45, 7) is 5.89. The normalized spacial score (nSPS) is 15.4. The zero-order valence-electron chi connectivity index (χ0n) is 17.1. The number of amides is 1. The molecule has 3 N–H and O–H groups in total. The number of hydrogen-bond acceptors (Lipinski definition) is 3. The van der Waals surface area contributed by atoms with E-state index >= 15 is 0 Å². The molecule has 1 aliphatic rings. The van der Waals surface area contributed by atoms with Gasteiger partial charge in [0.1, 0.15) is 6.04 Å². The van der Waals surface area contributed by atoms with Crippen LogP contribution >= 0.6 is 24.8 Å². The van der Waals surface area contributed by atoms with Gasteiger partial charge in [0.25, 0.3) is 0 Å². The smallest absolute Gasteiger partial charge is 0.241 e. The van der Waals surface area contributed by atoms with E-state index in [1.54, 1.807) is 0 Å². The van der Waals surface area contributed by atoms with E-state index in [2.05, 4.69) is 34.5 Å². The predicted octanol–water partition coefficient (Wildman–Crippen LogP) is 4.53. The molecule has 1 heterocycles. The van der Waals surface area contributed by atoms with E-state index in [4.69, 9.17) is 5.73 Å². The average Bonchev–Trinajstić information content (AvgIpc) is 2.95. The molecule has 0 aliphatic carbocycles. The molecular formula is C23H33Cl2N3O. The Morgan fingerprint density at radius 1 is 1.00 bits per heavy atom. The van der Waals surface area contributed by atoms with Crippen molar-refractivity contribution in [1.82, 2.24) is 10.2 Å². The SMILES string of the molecule is Cc1ccc(C(N)C(=O)NCc2cccc(CN3CCCCCC3)c2)cc1.Cl.Cl. The number of hydrogen-bond donors (Lipinski definition) is 2. The number of nitrogens with one attached hydrogen (secondary N) is 1. The maximum absolute atomic E-state index is 12.4. The standard InChI is InChI=1S/C23H31N3O.2ClH/c1-18-9-11-21(12-10-18)22(24)23(27)25-16-19-7-6-8-20(15-19)17-26-13-4-2-3-5-14-26;;/h6-12,15,22H,2-5,13-14,16-17,24H2,1H3,(H,25,27);2*1H. The van der Waals surface area contributed by atoms with Crippen molar-refractivity contribution in [3.8, 4) is 0 Å². The van der Waals surface area contributed by atoms with E-state index < -0.39 is 6.04 Å². The maximum atomic E-state index is 12.4. The molecule has 1 unspecified atom stereocenters. The molecular weight excluding hydrogens is 405 g/mol. The minimum absolute atomic E-state index is 0. The van der Waals surface area contributed by atoms with Gasteiger partial charge in [0.15, 0.2) is 0 Å². The van der Waals surface area contributed by atoms with Crippen LogP contribution in [0.2, 0.25) is 0 Å². The van der Waals surface area contributed by atoms with Crippen LogP contribution in [0.25, 0.3) is 0 Å². The minimum atomic E-state index is -0.633. The second kappa shape index (κ2) is 12.9. The highest BCUT2D eigenvalue weighted by molar-refractivity contribution is 5.85. The van der Waals surface area contributed by atoms with Gasteiger partial charge in [-0.05, 0) is 49.5 Å². The molecule has 1 saturated heterocycles. The van der Waals surface area contributed by atoms with Crippen LogP contribution in [0.5, 0.6) is 0 Å². The highest BCUT2D eigenvalue weighted by atomic mass is 35.5. The Morgan fingerprint density at radius 3 is 2.28 bits per heavy atom. The Morgan fingerprint density at radius 2 is 1.62 bits per heavy atom. The van der Waals surface area contributed by atoms with Gasteiger partial charge in [0.2, 0.25) is 5.91 Å². The molecule has 29 heavy (non-hydrogen) atoms. The monoisotopic (exact) mass is 437 g/mol. The van der Waals surface area contributed by atoms with Crippen LogP contribution in [0, 0.1) is 6.92 Å². The van der Waals surface area contributed by atoms with Crippen LogP contribution in [-0.2, 0) is 17.9 Å². The van der Waals surface area contributed by atoms with Gasteiger partial charge in [0.05, 0.1) is 0 Å². The highest BCUT2D eigenvalue weighted by Gasteiger charge is 2.15. The lowest BCUT2D eigenvalue weighted by Crippen LogP contribution is -2.33. The molecule has 3 rings (SSSR count). The number of rotatable bonds is 6. The molecule has 1 amide bonds. The Labute approximate surface area is 187 Å². The largest absolute Gasteiger partial charge is 0.350 e. The third kappa shape index (κ3) is 7.98. The quantitative estimate of drug-likeness (QED) is 0.697. The second-order valence-corrected chi connectivity index (χ2v) is 7.62. The Hall–Kier alpha value is -1.59. The summed E-state index contributed by atoms with van der Waals surface area (Å²) in [7, 11) is 0. The van der Waals surface area contributed by atoms with Crippen molar-refractivity contribution < 1.29 is 4.79 Å². The van der Waals surface area contributed by atoms with Gasteiger partial charge in [0, 0.05) is 13.1 Å². The van der Waals surface area contributed by atoms with Crippen molar-refractivity contribution in [2.24, 2.45) is 5.73 Å². The average molecular weight is 438 g/mol. The fourth-order valence-electron chi connectivity index (χ4n) is 3.61. The molecule has 2 aromatic rings. The van der Waals surface area contributed by atoms with Crippen LogP contribution in [0.3, 0.4) is 0 Å². The second-order valence-electron chi connectivity index (χ2n) is 7.62. The van der Waals surface area contributed by atoms with E-state index in [1.165, 1.54) is 44.3 Å². The first-order valence-electron chi connectivity index (χ1n) is 10.0.